The molecule has 0 heterocycles. The van der Waals surface area contributed by atoms with Crippen molar-refractivity contribution in [1.82, 2.24) is 0 Å². The molecule has 1 nitrogen and oxygen atoms in total. The van der Waals surface area contributed by atoms with Crippen molar-refractivity contribution in [3.05, 3.63) is 29.3 Å². The first-order chi connectivity index (χ1) is 7.81. The summed E-state index contributed by atoms with van der Waals surface area (Å²) in [6.45, 7) is 11.0. The van der Waals surface area contributed by atoms with Crippen LogP contribution < -0.4 is 5.73 Å². The van der Waals surface area contributed by atoms with E-state index >= 15 is 0 Å². The zero-order valence-electron chi connectivity index (χ0n) is 11.7. The van der Waals surface area contributed by atoms with E-state index < -0.39 is 0 Å². The van der Waals surface area contributed by atoms with Crippen LogP contribution in [-0.2, 0) is 6.42 Å². The molecule has 0 saturated carbocycles. The molecular weight excluding hydrogens is 226 g/mol. The number of hydrogen-bond acceptors (Lipinski definition) is 2. The van der Waals surface area contributed by atoms with Gasteiger partial charge in [0.1, 0.15) is 0 Å². The summed E-state index contributed by atoms with van der Waals surface area (Å²) in [5.41, 5.74) is 8.80. The Labute approximate surface area is 110 Å². The minimum atomic E-state index is 0.250. The van der Waals surface area contributed by atoms with Crippen molar-refractivity contribution in [2.75, 3.05) is 0 Å². The monoisotopic (exact) mass is 251 g/mol. The van der Waals surface area contributed by atoms with E-state index in [2.05, 4.69) is 52.8 Å². The van der Waals surface area contributed by atoms with Crippen LogP contribution in [0.2, 0.25) is 0 Å². The van der Waals surface area contributed by atoms with Crippen LogP contribution in [-0.4, -0.2) is 10.8 Å². The summed E-state index contributed by atoms with van der Waals surface area (Å²) in [6, 6.07) is 6.98. The molecular formula is C15H25NS. The van der Waals surface area contributed by atoms with Gasteiger partial charge >= 0.3 is 0 Å². The van der Waals surface area contributed by atoms with Gasteiger partial charge in [0.15, 0.2) is 0 Å². The van der Waals surface area contributed by atoms with E-state index in [4.69, 9.17) is 5.73 Å². The second kappa shape index (κ2) is 5.92. The standard InChI is InChI=1S/C15H25NS/c1-6-13(16)10-12-9-11(2)7-8-14(12)17-15(3,4)5/h7-9,13H,6,10,16H2,1-5H3. The number of benzene rings is 1. The first-order valence-electron chi connectivity index (χ1n) is 6.36. The van der Waals surface area contributed by atoms with E-state index in [1.54, 1.807) is 0 Å². The molecule has 96 valence electrons. The average molecular weight is 251 g/mol. The maximum Gasteiger partial charge on any atom is 0.0122 e. The summed E-state index contributed by atoms with van der Waals surface area (Å²) < 4.78 is 0.250. The van der Waals surface area contributed by atoms with Gasteiger partial charge in [0.25, 0.3) is 0 Å². The van der Waals surface area contributed by atoms with Crippen LogP contribution in [0.5, 0.6) is 0 Å². The average Bonchev–Trinajstić information content (AvgIpc) is 2.20. The van der Waals surface area contributed by atoms with Gasteiger partial charge in [-0.2, -0.15) is 0 Å². The Morgan fingerprint density at radius 3 is 2.47 bits per heavy atom. The van der Waals surface area contributed by atoms with Gasteiger partial charge in [-0.05, 0) is 31.4 Å². The van der Waals surface area contributed by atoms with Gasteiger partial charge in [-0.15, -0.1) is 11.8 Å². The molecule has 0 fully saturated rings. The third kappa shape index (κ3) is 5.13. The maximum atomic E-state index is 6.08. The van der Waals surface area contributed by atoms with Crippen molar-refractivity contribution in [1.29, 1.82) is 0 Å². The first kappa shape index (κ1) is 14.6. The lowest BCUT2D eigenvalue weighted by Crippen LogP contribution is -2.22. The molecule has 1 atom stereocenters. The van der Waals surface area contributed by atoms with Crippen molar-refractivity contribution < 1.29 is 0 Å². The van der Waals surface area contributed by atoms with Crippen molar-refractivity contribution >= 4 is 11.8 Å². The van der Waals surface area contributed by atoms with Gasteiger partial charge in [0, 0.05) is 15.7 Å². The maximum absolute atomic E-state index is 6.08. The fourth-order valence-electron chi connectivity index (χ4n) is 1.72. The Kier molecular flexibility index (Phi) is 5.08. The summed E-state index contributed by atoms with van der Waals surface area (Å²) in [5, 5.41) is 0. The fourth-order valence-corrected chi connectivity index (χ4v) is 2.79. The Hall–Kier alpha value is -0.470. The Bertz CT molecular complexity index is 366. The number of thioether (sulfide) groups is 1. The van der Waals surface area contributed by atoms with Crippen LogP contribution >= 0.6 is 11.8 Å². The lowest BCUT2D eigenvalue weighted by molar-refractivity contribution is 0.640. The Morgan fingerprint density at radius 2 is 1.94 bits per heavy atom. The number of aryl methyl sites for hydroxylation is 1. The molecule has 0 radical (unpaired) electrons. The van der Waals surface area contributed by atoms with Gasteiger partial charge in [-0.25, -0.2) is 0 Å². The molecule has 0 saturated heterocycles. The fraction of sp³-hybridized carbons (Fsp3) is 0.600. The quantitative estimate of drug-likeness (QED) is 0.813. The van der Waals surface area contributed by atoms with Crippen LogP contribution in [0.15, 0.2) is 23.1 Å². The first-order valence-corrected chi connectivity index (χ1v) is 7.17. The normalized spacial score (nSPS) is 13.8. The van der Waals surface area contributed by atoms with Crippen LogP contribution in [0.4, 0.5) is 0 Å². The van der Waals surface area contributed by atoms with Gasteiger partial charge in [-0.1, -0.05) is 45.4 Å². The minimum absolute atomic E-state index is 0.250. The van der Waals surface area contributed by atoms with Crippen molar-refractivity contribution in [3.8, 4) is 0 Å². The van der Waals surface area contributed by atoms with E-state index in [0.29, 0.717) is 0 Å². The van der Waals surface area contributed by atoms with E-state index in [-0.39, 0.29) is 10.8 Å². The highest BCUT2D eigenvalue weighted by Crippen LogP contribution is 2.35. The summed E-state index contributed by atoms with van der Waals surface area (Å²) >= 11 is 1.93. The van der Waals surface area contributed by atoms with Crippen LogP contribution in [0.3, 0.4) is 0 Å². The summed E-state index contributed by atoms with van der Waals surface area (Å²) in [4.78, 5) is 1.38. The molecule has 17 heavy (non-hydrogen) atoms. The van der Waals surface area contributed by atoms with Crippen molar-refractivity contribution in [2.24, 2.45) is 5.73 Å². The zero-order chi connectivity index (χ0) is 13.1. The highest BCUT2D eigenvalue weighted by atomic mass is 32.2. The van der Waals surface area contributed by atoms with E-state index in [1.807, 2.05) is 11.8 Å². The van der Waals surface area contributed by atoms with Crippen molar-refractivity contribution in [2.45, 2.75) is 63.1 Å². The molecule has 1 rings (SSSR count). The summed E-state index contributed by atoms with van der Waals surface area (Å²) in [7, 11) is 0. The zero-order valence-corrected chi connectivity index (χ0v) is 12.5. The summed E-state index contributed by atoms with van der Waals surface area (Å²) in [6.07, 6.45) is 2.02. The topological polar surface area (TPSA) is 26.0 Å². The van der Waals surface area contributed by atoms with Crippen LogP contribution in [0.1, 0.15) is 45.2 Å². The van der Waals surface area contributed by atoms with Gasteiger partial charge in [0.05, 0.1) is 0 Å². The lowest BCUT2D eigenvalue weighted by Gasteiger charge is -2.21. The predicted molar refractivity (Wildman–Crippen MR) is 78.8 cm³/mol. The highest BCUT2D eigenvalue weighted by Gasteiger charge is 2.15. The molecule has 0 aliphatic rings. The second-order valence-electron chi connectivity index (χ2n) is 5.70. The molecule has 0 amide bonds. The van der Waals surface area contributed by atoms with E-state index in [9.17, 15) is 0 Å². The largest absolute Gasteiger partial charge is 0.327 e. The molecule has 0 aliphatic carbocycles. The number of rotatable bonds is 4. The molecule has 1 aromatic rings. The Morgan fingerprint density at radius 1 is 1.29 bits per heavy atom. The number of hydrogen-bond donors (Lipinski definition) is 1. The third-order valence-electron chi connectivity index (χ3n) is 2.64. The molecule has 1 unspecified atom stereocenters. The summed E-state index contributed by atoms with van der Waals surface area (Å²) in [5.74, 6) is 0. The van der Waals surface area contributed by atoms with Crippen molar-refractivity contribution in [3.63, 3.8) is 0 Å². The van der Waals surface area contributed by atoms with Gasteiger partial charge in [0.2, 0.25) is 0 Å². The second-order valence-corrected chi connectivity index (χ2v) is 7.57. The lowest BCUT2D eigenvalue weighted by atomic mass is 10.0. The Balaban J connectivity index is 2.95. The minimum Gasteiger partial charge on any atom is -0.327 e. The SMILES string of the molecule is CCC(N)Cc1cc(C)ccc1SC(C)(C)C. The predicted octanol–water partition coefficient (Wildman–Crippen LogP) is 4.17. The molecule has 0 spiro atoms. The highest BCUT2D eigenvalue weighted by molar-refractivity contribution is 8.00. The molecule has 0 aromatic heterocycles. The molecule has 1 aromatic carbocycles. The van der Waals surface area contributed by atoms with E-state index in [1.165, 1.54) is 16.0 Å². The molecule has 0 bridgehead atoms. The number of nitrogens with two attached hydrogens (primary N) is 1. The third-order valence-corrected chi connectivity index (χ3v) is 3.87. The van der Waals surface area contributed by atoms with Crippen LogP contribution in [0, 0.1) is 6.92 Å². The molecule has 2 N–H and O–H groups in total. The molecule has 2 heteroatoms. The van der Waals surface area contributed by atoms with Crippen LogP contribution in [0.25, 0.3) is 0 Å². The molecule has 0 aliphatic heterocycles. The van der Waals surface area contributed by atoms with Gasteiger partial charge < -0.3 is 5.73 Å². The smallest absolute Gasteiger partial charge is 0.0122 e. The van der Waals surface area contributed by atoms with E-state index in [0.717, 1.165) is 12.8 Å². The van der Waals surface area contributed by atoms with Gasteiger partial charge in [-0.3, -0.25) is 0 Å².